The van der Waals surface area contributed by atoms with E-state index >= 15 is 0 Å². The van der Waals surface area contributed by atoms with Crippen LogP contribution in [0.25, 0.3) is 10.2 Å². The minimum atomic E-state index is -0.350. The summed E-state index contributed by atoms with van der Waals surface area (Å²) in [7, 11) is 0. The first-order chi connectivity index (χ1) is 13.2. The van der Waals surface area contributed by atoms with Crippen molar-refractivity contribution in [2.75, 3.05) is 0 Å². The van der Waals surface area contributed by atoms with Crippen LogP contribution in [0.15, 0.2) is 22.6 Å². The Kier molecular flexibility index (Phi) is 6.34. The third kappa shape index (κ3) is 4.51. The minimum absolute atomic E-state index is 0.00442. The van der Waals surface area contributed by atoms with Crippen LogP contribution in [0.4, 0.5) is 0 Å². The van der Waals surface area contributed by atoms with Gasteiger partial charge in [-0.15, -0.1) is 17.9 Å². The topological polar surface area (TPSA) is 64.0 Å². The summed E-state index contributed by atoms with van der Waals surface area (Å²) >= 11 is 2.99. The molecule has 1 unspecified atom stereocenters. The standard InChI is InChI=1S/C21H29N3O2S2/c1-6-12-24-19(26)16-14-10-8-7-9-11-15(14)28-18(16)22-20(24)27-13(2)17(25)23-21(3,4)5/h6,13H,1,7-12H2,2-5H3,(H,23,25). The van der Waals surface area contributed by atoms with E-state index in [9.17, 15) is 9.59 Å². The van der Waals surface area contributed by atoms with E-state index < -0.39 is 0 Å². The van der Waals surface area contributed by atoms with Gasteiger partial charge in [-0.2, -0.15) is 0 Å². The van der Waals surface area contributed by atoms with E-state index in [1.54, 1.807) is 22.0 Å². The molecule has 2 aromatic rings. The first kappa shape index (κ1) is 21.1. The van der Waals surface area contributed by atoms with Gasteiger partial charge >= 0.3 is 0 Å². The van der Waals surface area contributed by atoms with Crippen molar-refractivity contribution in [3.05, 3.63) is 33.4 Å². The van der Waals surface area contributed by atoms with Crippen LogP contribution in [0.3, 0.4) is 0 Å². The number of aromatic nitrogens is 2. The summed E-state index contributed by atoms with van der Waals surface area (Å²) in [4.78, 5) is 32.8. The second-order valence-corrected chi connectivity index (χ2v) is 10.7. The summed E-state index contributed by atoms with van der Waals surface area (Å²) in [5.41, 5.74) is 0.896. The van der Waals surface area contributed by atoms with Gasteiger partial charge in [0, 0.05) is 17.0 Å². The zero-order chi connectivity index (χ0) is 20.5. The van der Waals surface area contributed by atoms with Crippen molar-refractivity contribution in [1.82, 2.24) is 14.9 Å². The molecule has 1 aliphatic rings. The normalized spacial score (nSPS) is 15.7. The quantitative estimate of drug-likeness (QED) is 0.339. The number of nitrogens with one attached hydrogen (secondary N) is 1. The molecule has 3 rings (SSSR count). The fourth-order valence-corrected chi connectivity index (χ4v) is 5.68. The molecule has 0 aliphatic heterocycles. The van der Waals surface area contributed by atoms with Gasteiger partial charge in [0.15, 0.2) is 5.16 Å². The van der Waals surface area contributed by atoms with Crippen LogP contribution < -0.4 is 10.9 Å². The number of aryl methyl sites for hydroxylation is 2. The molecule has 28 heavy (non-hydrogen) atoms. The number of carbonyl (C=O) groups excluding carboxylic acids is 1. The lowest BCUT2D eigenvalue weighted by molar-refractivity contribution is -0.121. The molecule has 0 aromatic carbocycles. The van der Waals surface area contributed by atoms with Gasteiger partial charge in [-0.05, 0) is 58.9 Å². The SMILES string of the molecule is C=CCn1c(SC(C)C(=O)NC(C)(C)C)nc2sc3c(c2c1=O)CCCCC3. The monoisotopic (exact) mass is 419 g/mol. The molecule has 2 heterocycles. The summed E-state index contributed by atoms with van der Waals surface area (Å²) in [6, 6.07) is 0. The molecule has 0 radical (unpaired) electrons. The molecule has 2 aromatic heterocycles. The fourth-order valence-electron chi connectivity index (χ4n) is 3.46. The molecule has 1 amide bonds. The lowest BCUT2D eigenvalue weighted by atomic mass is 10.1. The van der Waals surface area contributed by atoms with Crippen LogP contribution >= 0.6 is 23.1 Å². The van der Waals surface area contributed by atoms with Gasteiger partial charge in [0.25, 0.3) is 5.56 Å². The second kappa shape index (κ2) is 8.41. The Bertz CT molecular complexity index is 953. The van der Waals surface area contributed by atoms with E-state index in [4.69, 9.17) is 4.98 Å². The van der Waals surface area contributed by atoms with Gasteiger partial charge in [-0.1, -0.05) is 24.3 Å². The highest BCUT2D eigenvalue weighted by Crippen LogP contribution is 2.34. The maximum atomic E-state index is 13.3. The molecule has 1 aliphatic carbocycles. The molecule has 0 fully saturated rings. The summed E-state index contributed by atoms with van der Waals surface area (Å²) in [5.74, 6) is -0.0565. The van der Waals surface area contributed by atoms with Gasteiger partial charge in [0.1, 0.15) is 4.83 Å². The summed E-state index contributed by atoms with van der Waals surface area (Å²) in [6.07, 6.45) is 7.21. The van der Waals surface area contributed by atoms with E-state index in [1.165, 1.54) is 35.0 Å². The molecule has 5 nitrogen and oxygen atoms in total. The van der Waals surface area contributed by atoms with Crippen molar-refractivity contribution in [3.8, 4) is 0 Å². The molecule has 152 valence electrons. The van der Waals surface area contributed by atoms with Gasteiger partial charge in [0.05, 0.1) is 10.6 Å². The number of hydrogen-bond acceptors (Lipinski definition) is 5. The fraction of sp³-hybridized carbons (Fsp3) is 0.571. The van der Waals surface area contributed by atoms with Gasteiger partial charge < -0.3 is 5.32 Å². The number of allylic oxidation sites excluding steroid dienone is 1. The third-order valence-corrected chi connectivity index (χ3v) is 7.03. The average Bonchev–Trinajstić information content (AvgIpc) is 2.78. The van der Waals surface area contributed by atoms with Crippen LogP contribution in [0.2, 0.25) is 0 Å². The number of rotatable bonds is 5. The number of thiophene rings is 1. The maximum absolute atomic E-state index is 13.3. The van der Waals surface area contributed by atoms with Crippen LogP contribution in [0.1, 0.15) is 57.4 Å². The molecule has 0 saturated carbocycles. The Balaban J connectivity index is 2.02. The number of carbonyl (C=O) groups is 1. The molecular formula is C21H29N3O2S2. The number of thioether (sulfide) groups is 1. The van der Waals surface area contributed by atoms with Gasteiger partial charge in [0.2, 0.25) is 5.91 Å². The van der Waals surface area contributed by atoms with Crippen LogP contribution in [0, 0.1) is 0 Å². The van der Waals surface area contributed by atoms with Crippen molar-refractivity contribution in [2.45, 2.75) is 82.3 Å². The molecular weight excluding hydrogens is 390 g/mol. The Labute approximate surface area is 174 Å². The first-order valence-corrected chi connectivity index (χ1v) is 11.6. The van der Waals surface area contributed by atoms with Crippen LogP contribution in [-0.2, 0) is 24.2 Å². The molecule has 1 N–H and O–H groups in total. The Morgan fingerprint density at radius 3 is 2.75 bits per heavy atom. The smallest absolute Gasteiger partial charge is 0.263 e. The lowest BCUT2D eigenvalue weighted by Gasteiger charge is -2.23. The van der Waals surface area contributed by atoms with E-state index in [0.717, 1.165) is 29.5 Å². The molecule has 0 saturated heterocycles. The van der Waals surface area contributed by atoms with E-state index in [0.29, 0.717) is 11.7 Å². The molecule has 7 heteroatoms. The van der Waals surface area contributed by atoms with E-state index in [1.807, 2.05) is 27.7 Å². The highest BCUT2D eigenvalue weighted by Gasteiger charge is 2.25. The van der Waals surface area contributed by atoms with Crippen LogP contribution in [-0.4, -0.2) is 26.2 Å². The predicted molar refractivity (Wildman–Crippen MR) is 119 cm³/mol. The average molecular weight is 420 g/mol. The van der Waals surface area contributed by atoms with Crippen molar-refractivity contribution in [3.63, 3.8) is 0 Å². The highest BCUT2D eigenvalue weighted by atomic mass is 32.2. The second-order valence-electron chi connectivity index (χ2n) is 8.34. The minimum Gasteiger partial charge on any atom is -0.351 e. The predicted octanol–water partition coefficient (Wildman–Crippen LogP) is 4.31. The first-order valence-electron chi connectivity index (χ1n) is 9.86. The van der Waals surface area contributed by atoms with Gasteiger partial charge in [-0.3, -0.25) is 14.2 Å². The Hall–Kier alpha value is -1.60. The summed E-state index contributed by atoms with van der Waals surface area (Å²) < 4.78 is 1.67. The number of fused-ring (bicyclic) bond motifs is 3. The Morgan fingerprint density at radius 1 is 1.36 bits per heavy atom. The van der Waals surface area contributed by atoms with Crippen molar-refractivity contribution >= 4 is 39.2 Å². The van der Waals surface area contributed by atoms with Crippen LogP contribution in [0.5, 0.6) is 0 Å². The summed E-state index contributed by atoms with van der Waals surface area (Å²) in [5, 5.41) is 4.01. The molecule has 1 atom stereocenters. The van der Waals surface area contributed by atoms with Gasteiger partial charge in [-0.25, -0.2) is 4.98 Å². The van der Waals surface area contributed by atoms with Crippen molar-refractivity contribution in [1.29, 1.82) is 0 Å². The molecule has 0 bridgehead atoms. The van der Waals surface area contributed by atoms with Crippen molar-refractivity contribution < 1.29 is 4.79 Å². The number of amides is 1. The zero-order valence-corrected chi connectivity index (χ0v) is 18.8. The summed E-state index contributed by atoms with van der Waals surface area (Å²) in [6.45, 7) is 11.9. The number of nitrogens with zero attached hydrogens (tertiary/aromatic N) is 2. The van der Waals surface area contributed by atoms with E-state index in [2.05, 4.69) is 11.9 Å². The Morgan fingerprint density at radius 2 is 2.07 bits per heavy atom. The number of hydrogen-bond donors (Lipinski definition) is 1. The lowest BCUT2D eigenvalue weighted by Crippen LogP contribution is -2.44. The largest absolute Gasteiger partial charge is 0.351 e. The maximum Gasteiger partial charge on any atom is 0.263 e. The third-order valence-electron chi connectivity index (χ3n) is 4.75. The zero-order valence-electron chi connectivity index (χ0n) is 17.1. The van der Waals surface area contributed by atoms with Crippen molar-refractivity contribution in [2.24, 2.45) is 0 Å². The molecule has 0 spiro atoms. The van der Waals surface area contributed by atoms with E-state index in [-0.39, 0.29) is 22.3 Å². The highest BCUT2D eigenvalue weighted by molar-refractivity contribution is 8.00.